The molecule has 1 unspecified atom stereocenters. The molecule has 0 N–H and O–H groups in total. The van der Waals surface area contributed by atoms with Crippen molar-refractivity contribution in [2.45, 2.75) is 12.2 Å². The fraction of sp³-hybridized carbons (Fsp3) is 1.00. The average molecular weight is 202 g/mol. The van der Waals surface area contributed by atoms with E-state index in [9.17, 15) is 13.2 Å². The molecule has 6 heteroatoms. The molecule has 0 saturated carbocycles. The van der Waals surface area contributed by atoms with Crippen molar-refractivity contribution in [3.63, 3.8) is 0 Å². The summed E-state index contributed by atoms with van der Waals surface area (Å²) in [6.07, 6.45) is -4.34. The van der Waals surface area contributed by atoms with Gasteiger partial charge in [0.2, 0.25) is 0 Å². The van der Waals surface area contributed by atoms with Crippen molar-refractivity contribution < 1.29 is 27.4 Å². The summed E-state index contributed by atoms with van der Waals surface area (Å²) in [7, 11) is 2.74. The van der Waals surface area contributed by atoms with Crippen molar-refractivity contribution in [1.82, 2.24) is 0 Å². The van der Waals surface area contributed by atoms with Gasteiger partial charge in [-0.05, 0) is 0 Å². The van der Waals surface area contributed by atoms with Gasteiger partial charge in [-0.3, -0.25) is 0 Å². The Labute approximate surface area is 74.8 Å². The molecule has 0 spiro atoms. The summed E-state index contributed by atoms with van der Waals surface area (Å²) in [5, 5.41) is 0. The van der Waals surface area contributed by atoms with Crippen LogP contribution in [0, 0.1) is 0 Å². The van der Waals surface area contributed by atoms with Gasteiger partial charge in [-0.15, -0.1) is 0 Å². The van der Waals surface area contributed by atoms with Gasteiger partial charge in [-0.2, -0.15) is 8.78 Å². The summed E-state index contributed by atoms with van der Waals surface area (Å²) in [6.45, 7) is -2.11. The van der Waals surface area contributed by atoms with Gasteiger partial charge < -0.3 is 14.2 Å². The molecule has 0 aliphatic rings. The molecule has 3 nitrogen and oxygen atoms in total. The third-order valence-corrected chi connectivity index (χ3v) is 1.32. The topological polar surface area (TPSA) is 27.7 Å². The predicted molar refractivity (Wildman–Crippen MR) is 39.5 cm³/mol. The monoisotopic (exact) mass is 202 g/mol. The third-order valence-electron chi connectivity index (χ3n) is 1.32. The molecule has 0 aromatic carbocycles. The number of methoxy groups -OCH3 is 2. The molecule has 80 valence electrons. The summed E-state index contributed by atoms with van der Waals surface area (Å²) in [6, 6.07) is 0. The smallest absolute Gasteiger partial charge is 0.382 e. The highest BCUT2D eigenvalue weighted by molar-refractivity contribution is 4.57. The van der Waals surface area contributed by atoms with E-state index in [-0.39, 0.29) is 6.61 Å². The number of alkyl halides is 3. The van der Waals surface area contributed by atoms with Crippen molar-refractivity contribution in [3.05, 3.63) is 0 Å². The Morgan fingerprint density at radius 1 is 1.23 bits per heavy atom. The average Bonchev–Trinajstić information content (AvgIpc) is 2.12. The molecular formula is C7H13F3O3. The van der Waals surface area contributed by atoms with Crippen LogP contribution in [0.15, 0.2) is 0 Å². The van der Waals surface area contributed by atoms with Gasteiger partial charge in [-0.25, -0.2) is 4.39 Å². The molecule has 0 radical (unpaired) electrons. The third kappa shape index (κ3) is 5.84. The van der Waals surface area contributed by atoms with E-state index in [1.165, 1.54) is 14.2 Å². The van der Waals surface area contributed by atoms with Gasteiger partial charge in [0, 0.05) is 14.2 Å². The number of rotatable bonds is 7. The van der Waals surface area contributed by atoms with Crippen LogP contribution >= 0.6 is 0 Å². The molecule has 0 amide bonds. The van der Waals surface area contributed by atoms with Crippen LogP contribution in [0.3, 0.4) is 0 Å². The van der Waals surface area contributed by atoms with Gasteiger partial charge in [0.25, 0.3) is 0 Å². The first-order chi connectivity index (χ1) is 6.05. The standard InChI is InChI=1S/C7H13F3O3/c1-11-3-6(12-2)4-13-7(9,10)5-8/h6H,3-5H2,1-2H3. The fourth-order valence-electron chi connectivity index (χ4n) is 0.624. The van der Waals surface area contributed by atoms with E-state index in [2.05, 4.69) is 9.47 Å². The Balaban J connectivity index is 3.70. The van der Waals surface area contributed by atoms with E-state index in [1.54, 1.807) is 0 Å². The predicted octanol–water partition coefficient (Wildman–Crippen LogP) is 1.23. The van der Waals surface area contributed by atoms with Gasteiger partial charge in [-0.1, -0.05) is 0 Å². The Bertz CT molecular complexity index is 132. The normalized spacial score (nSPS) is 14.5. The molecule has 0 saturated heterocycles. The summed E-state index contributed by atoms with van der Waals surface area (Å²) in [4.78, 5) is 0. The summed E-state index contributed by atoms with van der Waals surface area (Å²) >= 11 is 0. The van der Waals surface area contributed by atoms with Crippen molar-refractivity contribution >= 4 is 0 Å². The summed E-state index contributed by atoms with van der Waals surface area (Å²) in [5.74, 6) is 0. The summed E-state index contributed by atoms with van der Waals surface area (Å²) in [5.41, 5.74) is 0. The Morgan fingerprint density at radius 3 is 2.23 bits per heavy atom. The van der Waals surface area contributed by atoms with Crippen LogP contribution in [-0.4, -0.2) is 46.3 Å². The van der Waals surface area contributed by atoms with Crippen LogP contribution < -0.4 is 0 Å². The van der Waals surface area contributed by atoms with Crippen molar-refractivity contribution in [1.29, 1.82) is 0 Å². The maximum Gasteiger partial charge on any atom is 0.384 e. The van der Waals surface area contributed by atoms with E-state index in [4.69, 9.17) is 4.74 Å². The van der Waals surface area contributed by atoms with E-state index >= 15 is 0 Å². The van der Waals surface area contributed by atoms with Gasteiger partial charge >= 0.3 is 6.11 Å². The Morgan fingerprint density at radius 2 is 1.85 bits per heavy atom. The zero-order valence-electron chi connectivity index (χ0n) is 7.56. The van der Waals surface area contributed by atoms with Crippen molar-refractivity contribution in [2.75, 3.05) is 34.1 Å². The minimum Gasteiger partial charge on any atom is -0.382 e. The number of hydrogen-bond donors (Lipinski definition) is 0. The molecular weight excluding hydrogens is 189 g/mol. The molecule has 0 aliphatic heterocycles. The van der Waals surface area contributed by atoms with Crippen LogP contribution in [0.2, 0.25) is 0 Å². The fourth-order valence-corrected chi connectivity index (χ4v) is 0.624. The minimum absolute atomic E-state index is 0.124. The molecule has 0 aromatic rings. The molecule has 13 heavy (non-hydrogen) atoms. The van der Waals surface area contributed by atoms with E-state index in [0.717, 1.165) is 0 Å². The lowest BCUT2D eigenvalue weighted by Gasteiger charge is -2.18. The number of ether oxygens (including phenoxy) is 3. The van der Waals surface area contributed by atoms with Gasteiger partial charge in [0.05, 0.1) is 13.2 Å². The Kier molecular flexibility index (Phi) is 6.02. The minimum atomic E-state index is -3.73. The highest BCUT2D eigenvalue weighted by Crippen LogP contribution is 2.16. The van der Waals surface area contributed by atoms with E-state index < -0.39 is 25.5 Å². The van der Waals surface area contributed by atoms with E-state index in [1.807, 2.05) is 0 Å². The first kappa shape index (κ1) is 12.7. The number of hydrogen-bond acceptors (Lipinski definition) is 3. The second-order valence-electron chi connectivity index (χ2n) is 2.40. The van der Waals surface area contributed by atoms with Crippen LogP contribution in [0.4, 0.5) is 13.2 Å². The molecule has 0 bridgehead atoms. The van der Waals surface area contributed by atoms with Crippen LogP contribution in [0.5, 0.6) is 0 Å². The first-order valence-corrected chi connectivity index (χ1v) is 3.65. The quantitative estimate of drug-likeness (QED) is 0.621. The molecule has 1 atom stereocenters. The van der Waals surface area contributed by atoms with Crippen LogP contribution in [-0.2, 0) is 14.2 Å². The van der Waals surface area contributed by atoms with Crippen LogP contribution in [0.1, 0.15) is 0 Å². The maximum atomic E-state index is 12.2. The zero-order valence-corrected chi connectivity index (χ0v) is 7.56. The van der Waals surface area contributed by atoms with Crippen LogP contribution in [0.25, 0.3) is 0 Å². The molecule has 0 rings (SSSR count). The highest BCUT2D eigenvalue weighted by atomic mass is 19.3. The molecule has 0 aromatic heterocycles. The second kappa shape index (κ2) is 6.17. The first-order valence-electron chi connectivity index (χ1n) is 3.65. The van der Waals surface area contributed by atoms with Gasteiger partial charge in [0.15, 0.2) is 6.67 Å². The number of halogens is 3. The second-order valence-corrected chi connectivity index (χ2v) is 2.40. The lowest BCUT2D eigenvalue weighted by Crippen LogP contribution is -2.31. The van der Waals surface area contributed by atoms with Crippen molar-refractivity contribution in [2.24, 2.45) is 0 Å². The highest BCUT2D eigenvalue weighted by Gasteiger charge is 2.31. The largest absolute Gasteiger partial charge is 0.384 e. The van der Waals surface area contributed by atoms with Gasteiger partial charge in [0.1, 0.15) is 6.10 Å². The lowest BCUT2D eigenvalue weighted by molar-refractivity contribution is -0.258. The molecule has 0 fully saturated rings. The van der Waals surface area contributed by atoms with Crippen molar-refractivity contribution in [3.8, 4) is 0 Å². The SMILES string of the molecule is COCC(COC(F)(F)CF)OC. The lowest BCUT2D eigenvalue weighted by atomic mass is 10.4. The Hall–Kier alpha value is -0.330. The molecule has 0 heterocycles. The summed E-state index contributed by atoms with van der Waals surface area (Å²) < 4.78 is 49.3. The maximum absolute atomic E-state index is 12.2. The molecule has 0 aliphatic carbocycles. The zero-order chi connectivity index (χ0) is 10.3. The van der Waals surface area contributed by atoms with E-state index in [0.29, 0.717) is 0 Å².